The molecule has 1 N–H and O–H groups in total. The summed E-state index contributed by atoms with van der Waals surface area (Å²) in [7, 11) is 0. The highest BCUT2D eigenvalue weighted by Crippen LogP contribution is 2.23. The van der Waals surface area contributed by atoms with Gasteiger partial charge in [0.15, 0.2) is 23.3 Å². The average molecular weight is 398 g/mol. The summed E-state index contributed by atoms with van der Waals surface area (Å²) >= 11 is 0. The molecule has 1 atom stereocenters. The molecule has 3 aromatic rings. The normalized spacial score (nSPS) is 16.7. The van der Waals surface area contributed by atoms with E-state index >= 15 is 0 Å². The molecule has 3 heterocycles. The first-order valence-corrected chi connectivity index (χ1v) is 9.36. The van der Waals surface area contributed by atoms with E-state index in [0.29, 0.717) is 24.6 Å². The van der Waals surface area contributed by atoms with Crippen molar-refractivity contribution in [2.45, 2.75) is 19.8 Å². The molecule has 0 spiro atoms. The summed E-state index contributed by atoms with van der Waals surface area (Å²) in [5.74, 6) is -0.255. The van der Waals surface area contributed by atoms with Crippen LogP contribution >= 0.6 is 0 Å². The third kappa shape index (κ3) is 4.08. The number of amides is 1. The number of carbonyl (C=O) groups excluding carboxylic acids is 1. The first-order chi connectivity index (χ1) is 14.0. The fourth-order valence-electron chi connectivity index (χ4n) is 3.45. The highest BCUT2D eigenvalue weighted by molar-refractivity contribution is 5.93. The van der Waals surface area contributed by atoms with Gasteiger partial charge in [-0.1, -0.05) is 0 Å². The third-order valence-electron chi connectivity index (χ3n) is 5.01. The Labute approximate surface area is 166 Å². The Balaban J connectivity index is 1.43. The predicted octanol–water partition coefficient (Wildman–Crippen LogP) is 3.10. The van der Waals surface area contributed by atoms with Crippen LogP contribution in [0.5, 0.6) is 0 Å². The molecule has 1 amide bonds. The number of rotatable bonds is 4. The van der Waals surface area contributed by atoms with Crippen molar-refractivity contribution in [2.75, 3.05) is 23.3 Å². The number of anilines is 2. The number of halogens is 2. The van der Waals surface area contributed by atoms with Gasteiger partial charge in [0.2, 0.25) is 5.91 Å². The second-order valence-electron chi connectivity index (χ2n) is 7.00. The van der Waals surface area contributed by atoms with Crippen molar-refractivity contribution in [3.05, 3.63) is 60.2 Å². The highest BCUT2D eigenvalue weighted by atomic mass is 19.2. The molecule has 1 aliphatic rings. The number of aromatic nitrogens is 4. The van der Waals surface area contributed by atoms with Crippen LogP contribution in [0.3, 0.4) is 0 Å². The van der Waals surface area contributed by atoms with E-state index in [-0.39, 0.29) is 17.5 Å². The van der Waals surface area contributed by atoms with Crippen molar-refractivity contribution >= 4 is 17.4 Å². The van der Waals surface area contributed by atoms with E-state index in [1.165, 1.54) is 6.07 Å². The summed E-state index contributed by atoms with van der Waals surface area (Å²) < 4.78 is 28.3. The number of benzene rings is 1. The SMILES string of the molecule is Cc1nccn1-c1ccc(N2CCCC(C(=O)Nc3ccc(F)c(F)c3)C2)nn1. The van der Waals surface area contributed by atoms with Gasteiger partial charge in [0.05, 0.1) is 5.92 Å². The predicted molar refractivity (Wildman–Crippen MR) is 104 cm³/mol. The maximum absolute atomic E-state index is 13.4. The topological polar surface area (TPSA) is 75.9 Å². The van der Waals surface area contributed by atoms with Crippen molar-refractivity contribution in [3.8, 4) is 5.82 Å². The lowest BCUT2D eigenvalue weighted by Crippen LogP contribution is -2.41. The smallest absolute Gasteiger partial charge is 0.229 e. The largest absolute Gasteiger partial charge is 0.354 e. The molecule has 29 heavy (non-hydrogen) atoms. The van der Waals surface area contributed by atoms with Crippen LogP contribution in [0.4, 0.5) is 20.3 Å². The monoisotopic (exact) mass is 398 g/mol. The van der Waals surface area contributed by atoms with Gasteiger partial charge in [-0.3, -0.25) is 9.36 Å². The second kappa shape index (κ2) is 7.94. The Morgan fingerprint density at radius 3 is 2.62 bits per heavy atom. The Morgan fingerprint density at radius 2 is 1.93 bits per heavy atom. The van der Waals surface area contributed by atoms with E-state index in [0.717, 1.165) is 30.9 Å². The van der Waals surface area contributed by atoms with Gasteiger partial charge in [-0.2, -0.15) is 0 Å². The summed E-state index contributed by atoms with van der Waals surface area (Å²) in [6.07, 6.45) is 5.05. The lowest BCUT2D eigenvalue weighted by molar-refractivity contribution is -0.120. The van der Waals surface area contributed by atoms with Gasteiger partial charge in [-0.15, -0.1) is 10.2 Å². The van der Waals surface area contributed by atoms with Gasteiger partial charge in [-0.05, 0) is 44.0 Å². The number of piperidine rings is 1. The standard InChI is InChI=1S/C20H20F2N6O/c1-13-23-8-10-28(13)19-7-6-18(25-26-19)27-9-2-3-14(12-27)20(29)24-15-4-5-16(21)17(22)11-15/h4-8,10-11,14H,2-3,9,12H2,1H3,(H,24,29). The molecule has 0 bridgehead atoms. The molecule has 2 aromatic heterocycles. The Bertz CT molecular complexity index is 1020. The minimum absolute atomic E-state index is 0.223. The summed E-state index contributed by atoms with van der Waals surface area (Å²) in [4.78, 5) is 18.8. The first-order valence-electron chi connectivity index (χ1n) is 9.36. The van der Waals surface area contributed by atoms with Gasteiger partial charge >= 0.3 is 0 Å². The third-order valence-corrected chi connectivity index (χ3v) is 5.01. The average Bonchev–Trinajstić information content (AvgIpc) is 3.17. The zero-order chi connectivity index (χ0) is 20.4. The van der Waals surface area contributed by atoms with Gasteiger partial charge in [0.25, 0.3) is 0 Å². The minimum Gasteiger partial charge on any atom is -0.354 e. The molecule has 1 aliphatic heterocycles. The highest BCUT2D eigenvalue weighted by Gasteiger charge is 2.27. The Hall–Kier alpha value is -3.36. The summed E-state index contributed by atoms with van der Waals surface area (Å²) in [5.41, 5.74) is 0.242. The molecular weight excluding hydrogens is 378 g/mol. The summed E-state index contributed by atoms with van der Waals surface area (Å²) in [6.45, 7) is 3.14. The van der Waals surface area contributed by atoms with E-state index in [1.54, 1.807) is 6.20 Å². The number of nitrogens with one attached hydrogen (secondary N) is 1. The van der Waals surface area contributed by atoms with Crippen LogP contribution in [0, 0.1) is 24.5 Å². The van der Waals surface area contributed by atoms with Crippen LogP contribution in [-0.4, -0.2) is 38.7 Å². The molecule has 0 aliphatic carbocycles. The minimum atomic E-state index is -0.989. The number of nitrogens with zero attached hydrogens (tertiary/aromatic N) is 5. The zero-order valence-corrected chi connectivity index (χ0v) is 15.8. The Morgan fingerprint density at radius 1 is 1.14 bits per heavy atom. The van der Waals surface area contributed by atoms with Gasteiger partial charge < -0.3 is 10.2 Å². The molecule has 7 nitrogen and oxygen atoms in total. The number of hydrogen-bond donors (Lipinski definition) is 1. The maximum Gasteiger partial charge on any atom is 0.229 e. The second-order valence-corrected chi connectivity index (χ2v) is 7.00. The summed E-state index contributed by atoms with van der Waals surface area (Å²) in [5, 5.41) is 11.2. The summed E-state index contributed by atoms with van der Waals surface area (Å²) in [6, 6.07) is 7.06. The van der Waals surface area contributed by atoms with Crippen LogP contribution in [0.25, 0.3) is 5.82 Å². The van der Waals surface area contributed by atoms with Crippen LogP contribution in [0.2, 0.25) is 0 Å². The van der Waals surface area contributed by atoms with Crippen LogP contribution in [-0.2, 0) is 4.79 Å². The molecule has 4 rings (SSSR count). The van der Waals surface area contributed by atoms with Gasteiger partial charge in [-0.25, -0.2) is 13.8 Å². The fourth-order valence-corrected chi connectivity index (χ4v) is 3.45. The molecule has 1 aromatic carbocycles. The molecular formula is C20H20F2N6O. The quantitative estimate of drug-likeness (QED) is 0.731. The van der Waals surface area contributed by atoms with E-state index in [1.807, 2.05) is 34.7 Å². The molecule has 9 heteroatoms. The van der Waals surface area contributed by atoms with E-state index in [9.17, 15) is 13.6 Å². The van der Waals surface area contributed by atoms with Crippen molar-refractivity contribution in [2.24, 2.45) is 5.92 Å². The van der Waals surface area contributed by atoms with Crippen LogP contribution in [0.1, 0.15) is 18.7 Å². The van der Waals surface area contributed by atoms with Gasteiger partial charge in [0, 0.05) is 37.2 Å². The van der Waals surface area contributed by atoms with Crippen molar-refractivity contribution in [1.29, 1.82) is 0 Å². The molecule has 150 valence electrons. The number of imidazole rings is 1. The lowest BCUT2D eigenvalue weighted by Gasteiger charge is -2.32. The zero-order valence-electron chi connectivity index (χ0n) is 15.8. The molecule has 0 saturated carbocycles. The molecule has 1 unspecified atom stereocenters. The van der Waals surface area contributed by atoms with E-state index < -0.39 is 11.6 Å². The number of aryl methyl sites for hydroxylation is 1. The Kier molecular flexibility index (Phi) is 5.20. The van der Waals surface area contributed by atoms with Crippen LogP contribution in [0.15, 0.2) is 42.7 Å². The number of hydrogen-bond acceptors (Lipinski definition) is 5. The van der Waals surface area contributed by atoms with Gasteiger partial charge in [0.1, 0.15) is 5.82 Å². The maximum atomic E-state index is 13.4. The first kappa shape index (κ1) is 19.0. The fraction of sp³-hybridized carbons (Fsp3) is 0.300. The van der Waals surface area contributed by atoms with Crippen LogP contribution < -0.4 is 10.2 Å². The molecule has 1 fully saturated rings. The lowest BCUT2D eigenvalue weighted by atomic mass is 9.97. The molecule has 0 radical (unpaired) electrons. The van der Waals surface area contributed by atoms with Crippen molar-refractivity contribution < 1.29 is 13.6 Å². The number of carbonyl (C=O) groups is 1. The molecule has 1 saturated heterocycles. The van der Waals surface area contributed by atoms with E-state index in [4.69, 9.17) is 0 Å². The van der Waals surface area contributed by atoms with Crippen molar-refractivity contribution in [3.63, 3.8) is 0 Å². The van der Waals surface area contributed by atoms with E-state index in [2.05, 4.69) is 20.5 Å². The van der Waals surface area contributed by atoms with Crippen molar-refractivity contribution in [1.82, 2.24) is 19.7 Å².